The largest absolute Gasteiger partial charge is 0.418 e. The van der Waals surface area contributed by atoms with Crippen LogP contribution in [0.3, 0.4) is 0 Å². The fourth-order valence-electron chi connectivity index (χ4n) is 6.11. The molecule has 1 aliphatic heterocycles. The SMILES string of the molecule is C=C[N+](C)=C(N=C)[C@@H](c1cncc(-n2cc3c(C(F)(F)F)cc(CN4CCC[C@H](C)C4)cn3c2=O)c1)C1CCC1. The zero-order valence-corrected chi connectivity index (χ0v) is 23.1. The minimum atomic E-state index is -4.61. The van der Waals surface area contributed by atoms with E-state index < -0.39 is 17.4 Å². The van der Waals surface area contributed by atoms with Crippen LogP contribution in [0.5, 0.6) is 0 Å². The van der Waals surface area contributed by atoms with Gasteiger partial charge in [0.15, 0.2) is 0 Å². The Morgan fingerprint density at radius 3 is 2.62 bits per heavy atom. The number of piperidine rings is 1. The number of alkyl halides is 3. The predicted molar refractivity (Wildman–Crippen MR) is 150 cm³/mol. The Labute approximate surface area is 232 Å². The third kappa shape index (κ3) is 5.41. The summed E-state index contributed by atoms with van der Waals surface area (Å²) in [7, 11) is 1.85. The number of amidine groups is 1. The lowest BCUT2D eigenvalue weighted by Gasteiger charge is -2.31. The van der Waals surface area contributed by atoms with E-state index in [1.54, 1.807) is 18.6 Å². The van der Waals surface area contributed by atoms with Crippen molar-refractivity contribution in [1.82, 2.24) is 18.9 Å². The Balaban J connectivity index is 1.60. The van der Waals surface area contributed by atoms with Crippen molar-refractivity contribution in [2.45, 2.75) is 57.7 Å². The van der Waals surface area contributed by atoms with Gasteiger partial charge < -0.3 is 0 Å². The van der Waals surface area contributed by atoms with Gasteiger partial charge in [0.25, 0.3) is 0 Å². The summed E-state index contributed by atoms with van der Waals surface area (Å²) < 4.78 is 46.9. The molecule has 2 atom stereocenters. The van der Waals surface area contributed by atoms with E-state index in [1.165, 1.54) is 23.0 Å². The second kappa shape index (κ2) is 11.2. The van der Waals surface area contributed by atoms with Crippen molar-refractivity contribution in [3.63, 3.8) is 0 Å². The van der Waals surface area contributed by atoms with E-state index in [9.17, 15) is 18.0 Å². The summed E-state index contributed by atoms with van der Waals surface area (Å²) in [6, 6.07) is 3.00. The highest BCUT2D eigenvalue weighted by Gasteiger charge is 2.38. The van der Waals surface area contributed by atoms with E-state index in [-0.39, 0.29) is 11.4 Å². The third-order valence-electron chi connectivity index (χ3n) is 8.36. The number of imidazole rings is 1. The molecule has 3 aromatic heterocycles. The first-order valence-corrected chi connectivity index (χ1v) is 13.8. The van der Waals surface area contributed by atoms with Crippen molar-refractivity contribution >= 4 is 18.1 Å². The highest BCUT2D eigenvalue weighted by atomic mass is 19.4. The normalized spacial score (nSPS) is 20.2. The Morgan fingerprint density at radius 1 is 1.23 bits per heavy atom. The fraction of sp³-hybridized carbons (Fsp3) is 0.467. The highest BCUT2D eigenvalue weighted by molar-refractivity contribution is 5.89. The fourth-order valence-corrected chi connectivity index (χ4v) is 6.11. The molecule has 0 radical (unpaired) electrons. The molecule has 0 N–H and O–H groups in total. The lowest BCUT2D eigenvalue weighted by atomic mass is 9.72. The molecule has 3 aromatic rings. The van der Waals surface area contributed by atoms with Crippen LogP contribution in [-0.4, -0.2) is 56.1 Å². The summed E-state index contributed by atoms with van der Waals surface area (Å²) in [6.07, 6.45) is 8.38. The van der Waals surface area contributed by atoms with Crippen LogP contribution in [0.1, 0.15) is 61.6 Å². The number of pyridine rings is 2. The molecule has 10 heteroatoms. The zero-order valence-electron chi connectivity index (χ0n) is 23.1. The van der Waals surface area contributed by atoms with Crippen LogP contribution in [0.15, 0.2) is 59.5 Å². The summed E-state index contributed by atoms with van der Waals surface area (Å²) in [5, 5.41) is 0. The minimum Gasteiger partial charge on any atom is -0.299 e. The number of hydrogen-bond acceptors (Lipinski definition) is 3. The number of halogens is 3. The minimum absolute atomic E-state index is 0.126. The second-order valence-electron chi connectivity index (χ2n) is 11.2. The number of likely N-dealkylation sites (tertiary alicyclic amines) is 1. The molecule has 5 rings (SSSR count). The molecule has 212 valence electrons. The molecule has 40 heavy (non-hydrogen) atoms. The first-order valence-electron chi connectivity index (χ1n) is 13.8. The Hall–Kier alpha value is -3.53. The van der Waals surface area contributed by atoms with Crippen LogP contribution in [-0.2, 0) is 12.7 Å². The van der Waals surface area contributed by atoms with E-state index in [0.717, 1.165) is 61.0 Å². The number of nitrogens with zero attached hydrogens (tertiary/aromatic N) is 6. The first-order chi connectivity index (χ1) is 19.1. The summed E-state index contributed by atoms with van der Waals surface area (Å²) in [4.78, 5) is 24.4. The molecule has 0 aromatic carbocycles. The van der Waals surface area contributed by atoms with Gasteiger partial charge in [-0.25, -0.2) is 9.37 Å². The number of aromatic nitrogens is 3. The molecule has 0 spiro atoms. The van der Waals surface area contributed by atoms with E-state index in [4.69, 9.17) is 0 Å². The van der Waals surface area contributed by atoms with Crippen molar-refractivity contribution in [2.75, 3.05) is 20.1 Å². The Bertz CT molecular complexity index is 1510. The molecule has 1 saturated carbocycles. The van der Waals surface area contributed by atoms with E-state index in [2.05, 4.69) is 35.1 Å². The smallest absolute Gasteiger partial charge is 0.299 e. The monoisotopic (exact) mass is 553 g/mol. The molecule has 1 aliphatic carbocycles. The van der Waals surface area contributed by atoms with Gasteiger partial charge in [-0.05, 0) is 67.3 Å². The van der Waals surface area contributed by atoms with Gasteiger partial charge in [-0.3, -0.25) is 18.9 Å². The van der Waals surface area contributed by atoms with Gasteiger partial charge in [0, 0.05) is 31.7 Å². The molecule has 0 unspecified atom stereocenters. The standard InChI is InChI=1S/C30H36F3N6O/c1-5-36(4)28(34-3)27(22-9-6-10-22)23-13-24(15-35-14-23)38-19-26-25(30(31,32)33)12-21(18-39(26)29(38)40)17-37-11-7-8-20(2)16-37/h5,12-15,18-20,22,27H,1,3,6-11,16-17H2,2,4H3/q+1/t20-,27+/m0/s1. The number of rotatable bonds is 7. The third-order valence-corrected chi connectivity index (χ3v) is 8.36. The van der Waals surface area contributed by atoms with Crippen LogP contribution in [0.25, 0.3) is 11.2 Å². The number of hydrogen-bond donors (Lipinski definition) is 0. The Morgan fingerprint density at radius 2 is 2.00 bits per heavy atom. The van der Waals surface area contributed by atoms with Crippen LogP contribution >= 0.6 is 0 Å². The van der Waals surface area contributed by atoms with Gasteiger partial charge in [-0.15, -0.1) is 0 Å². The zero-order chi connectivity index (χ0) is 28.6. The second-order valence-corrected chi connectivity index (χ2v) is 11.2. The maximum Gasteiger partial charge on any atom is 0.418 e. The molecule has 0 bridgehead atoms. The molecule has 4 heterocycles. The molecule has 7 nitrogen and oxygen atoms in total. The highest BCUT2D eigenvalue weighted by Crippen LogP contribution is 2.41. The van der Waals surface area contributed by atoms with Gasteiger partial charge in [-0.2, -0.15) is 13.2 Å². The van der Waals surface area contributed by atoms with Crippen LogP contribution in [0, 0.1) is 11.8 Å². The average Bonchev–Trinajstić information content (AvgIpc) is 3.22. The lowest BCUT2D eigenvalue weighted by molar-refractivity contribution is -0.425. The van der Waals surface area contributed by atoms with Crippen molar-refractivity contribution in [3.8, 4) is 5.69 Å². The molecule has 0 amide bonds. The quantitative estimate of drug-likeness (QED) is 0.221. The predicted octanol–water partition coefficient (Wildman–Crippen LogP) is 5.50. The number of aliphatic imine (C=N–C) groups is 1. The van der Waals surface area contributed by atoms with Crippen LogP contribution < -0.4 is 5.69 Å². The topological polar surface area (TPSA) is 57.9 Å². The van der Waals surface area contributed by atoms with Gasteiger partial charge >= 0.3 is 17.7 Å². The maximum atomic E-state index is 14.2. The lowest BCUT2D eigenvalue weighted by Crippen LogP contribution is -2.34. The number of fused-ring (bicyclic) bond motifs is 1. The average molecular weight is 554 g/mol. The summed E-state index contributed by atoms with van der Waals surface area (Å²) in [5.74, 6) is 1.41. The van der Waals surface area contributed by atoms with Gasteiger partial charge in [0.2, 0.25) is 0 Å². The molecular weight excluding hydrogens is 517 g/mol. The Kier molecular flexibility index (Phi) is 7.81. The van der Waals surface area contributed by atoms with Crippen molar-refractivity contribution in [3.05, 3.63) is 76.9 Å². The summed E-state index contributed by atoms with van der Waals surface area (Å²) in [6.45, 7) is 11.8. The van der Waals surface area contributed by atoms with Gasteiger partial charge in [0.05, 0.1) is 42.1 Å². The van der Waals surface area contributed by atoms with E-state index >= 15 is 0 Å². The van der Waals surface area contributed by atoms with Crippen LogP contribution in [0.2, 0.25) is 0 Å². The molecule has 1 saturated heterocycles. The van der Waals surface area contributed by atoms with Crippen molar-refractivity contribution in [1.29, 1.82) is 0 Å². The summed E-state index contributed by atoms with van der Waals surface area (Å²) in [5.41, 5.74) is 0.135. The molecule has 2 fully saturated rings. The van der Waals surface area contributed by atoms with E-state index in [1.807, 2.05) is 17.7 Å². The van der Waals surface area contributed by atoms with Crippen molar-refractivity contribution < 1.29 is 17.7 Å². The molecular formula is C30H36F3N6O+. The maximum absolute atomic E-state index is 14.2. The molecule has 2 aliphatic rings. The van der Waals surface area contributed by atoms with Crippen molar-refractivity contribution in [2.24, 2.45) is 16.8 Å². The first kappa shape index (κ1) is 28.0. The summed E-state index contributed by atoms with van der Waals surface area (Å²) >= 11 is 0. The van der Waals surface area contributed by atoms with Gasteiger partial charge in [0.1, 0.15) is 6.72 Å². The van der Waals surface area contributed by atoms with E-state index in [0.29, 0.717) is 29.6 Å². The van der Waals surface area contributed by atoms with Crippen LogP contribution in [0.4, 0.5) is 13.2 Å². The van der Waals surface area contributed by atoms with Gasteiger partial charge in [-0.1, -0.05) is 24.9 Å².